The standard InChI is InChI=1S/C20H19NO4.BF4/c1-12-9-15-10-17(24-3)11-18(25-4)19(15)13(2)21(12)16-7-5-14(6-8-16)20(22)23;2-1(3,4)5/h5-11H,1-4H3;/q;-1/p+1. The molecule has 0 saturated heterocycles. The average molecular weight is 425 g/mol. The summed E-state index contributed by atoms with van der Waals surface area (Å²) >= 11 is 0. The maximum Gasteiger partial charge on any atom is 0.673 e. The van der Waals surface area contributed by atoms with E-state index in [1.54, 1.807) is 26.4 Å². The first-order valence-corrected chi connectivity index (χ1v) is 8.75. The first kappa shape index (κ1) is 23.0. The second-order valence-corrected chi connectivity index (χ2v) is 6.35. The van der Waals surface area contributed by atoms with Gasteiger partial charge in [0.05, 0.1) is 25.2 Å². The third-order valence-corrected chi connectivity index (χ3v) is 4.35. The second kappa shape index (κ2) is 9.02. The highest BCUT2D eigenvalue weighted by molar-refractivity contribution is 6.50. The van der Waals surface area contributed by atoms with Crippen molar-refractivity contribution in [3.05, 3.63) is 59.4 Å². The first-order valence-electron chi connectivity index (χ1n) is 8.75. The Hall–Kier alpha value is -3.30. The van der Waals surface area contributed by atoms with Crippen molar-refractivity contribution in [2.45, 2.75) is 13.8 Å². The molecule has 1 heterocycles. The fourth-order valence-corrected chi connectivity index (χ4v) is 3.21. The van der Waals surface area contributed by atoms with Crippen molar-refractivity contribution >= 4 is 24.0 Å². The Labute approximate surface area is 170 Å². The lowest BCUT2D eigenvalue weighted by atomic mass is 10.1. The van der Waals surface area contributed by atoms with Gasteiger partial charge in [-0.15, -0.1) is 0 Å². The van der Waals surface area contributed by atoms with E-state index in [2.05, 4.69) is 10.6 Å². The van der Waals surface area contributed by atoms with Crippen molar-refractivity contribution in [2.75, 3.05) is 14.2 Å². The molecule has 0 spiro atoms. The highest BCUT2D eigenvalue weighted by Crippen LogP contribution is 2.33. The minimum absolute atomic E-state index is 0.266. The molecule has 10 heteroatoms. The third-order valence-electron chi connectivity index (χ3n) is 4.35. The molecule has 0 amide bonds. The van der Waals surface area contributed by atoms with Crippen LogP contribution in [0.3, 0.4) is 0 Å². The zero-order chi connectivity index (χ0) is 22.6. The SMILES string of the molecule is COc1cc(OC)c2c(C)[n+](-c3ccc(C(=O)O)cc3)c(C)cc2c1.F[B-](F)(F)F. The zero-order valence-corrected chi connectivity index (χ0v) is 16.7. The zero-order valence-electron chi connectivity index (χ0n) is 16.7. The summed E-state index contributed by atoms with van der Waals surface area (Å²) in [6, 6.07) is 12.8. The molecule has 1 N–H and O–H groups in total. The summed E-state index contributed by atoms with van der Waals surface area (Å²) in [6.07, 6.45) is 0. The molecule has 1 aromatic heterocycles. The molecule has 0 radical (unpaired) electrons. The number of carboxylic acids is 1. The van der Waals surface area contributed by atoms with Gasteiger partial charge in [0, 0.05) is 43.5 Å². The van der Waals surface area contributed by atoms with Crippen molar-refractivity contribution in [1.82, 2.24) is 0 Å². The number of ether oxygens (including phenoxy) is 2. The summed E-state index contributed by atoms with van der Waals surface area (Å²) in [4.78, 5) is 11.1. The minimum atomic E-state index is -6.00. The van der Waals surface area contributed by atoms with Crippen LogP contribution in [0.15, 0.2) is 42.5 Å². The van der Waals surface area contributed by atoms with Crippen molar-refractivity contribution in [1.29, 1.82) is 0 Å². The first-order chi connectivity index (χ1) is 14.0. The molecule has 0 aliphatic carbocycles. The molecule has 5 nitrogen and oxygen atoms in total. The number of aromatic carboxylic acids is 1. The van der Waals surface area contributed by atoms with Crippen LogP contribution in [0.25, 0.3) is 16.5 Å². The monoisotopic (exact) mass is 425 g/mol. The number of benzene rings is 2. The van der Waals surface area contributed by atoms with Gasteiger partial charge in [-0.2, -0.15) is 4.57 Å². The number of carbonyl (C=O) groups is 1. The van der Waals surface area contributed by atoms with Gasteiger partial charge in [-0.1, -0.05) is 0 Å². The largest absolute Gasteiger partial charge is 0.673 e. The van der Waals surface area contributed by atoms with Crippen LogP contribution in [-0.2, 0) is 0 Å². The van der Waals surface area contributed by atoms with E-state index in [1.807, 2.05) is 38.1 Å². The molecular weight excluding hydrogens is 405 g/mol. The normalized spacial score (nSPS) is 10.9. The number of fused-ring (bicyclic) bond motifs is 1. The average Bonchev–Trinajstić information content (AvgIpc) is 2.65. The Kier molecular flexibility index (Phi) is 6.91. The van der Waals surface area contributed by atoms with Gasteiger partial charge in [0.25, 0.3) is 0 Å². The van der Waals surface area contributed by atoms with Gasteiger partial charge in [0.2, 0.25) is 5.69 Å². The molecule has 30 heavy (non-hydrogen) atoms. The Balaban J connectivity index is 0.000000575. The summed E-state index contributed by atoms with van der Waals surface area (Å²) in [5.41, 5.74) is 3.21. The topological polar surface area (TPSA) is 59.6 Å². The number of aromatic nitrogens is 1. The van der Waals surface area contributed by atoms with Crippen molar-refractivity contribution in [3.8, 4) is 17.2 Å². The van der Waals surface area contributed by atoms with Crippen LogP contribution in [0.2, 0.25) is 0 Å². The number of pyridine rings is 1. The van der Waals surface area contributed by atoms with Crippen LogP contribution in [0.4, 0.5) is 17.3 Å². The van der Waals surface area contributed by atoms with E-state index in [4.69, 9.17) is 14.6 Å². The van der Waals surface area contributed by atoms with Gasteiger partial charge < -0.3 is 31.8 Å². The molecule has 3 rings (SSSR count). The van der Waals surface area contributed by atoms with Crippen LogP contribution in [-0.4, -0.2) is 32.5 Å². The van der Waals surface area contributed by atoms with E-state index in [1.165, 1.54) is 0 Å². The lowest BCUT2D eigenvalue weighted by molar-refractivity contribution is -0.607. The molecule has 0 fully saturated rings. The maximum atomic E-state index is 11.1. The van der Waals surface area contributed by atoms with Crippen LogP contribution >= 0.6 is 0 Å². The number of aryl methyl sites for hydroxylation is 2. The Morgan fingerprint density at radius 1 is 0.967 bits per heavy atom. The van der Waals surface area contributed by atoms with E-state index >= 15 is 0 Å². The fraction of sp³-hybridized carbons (Fsp3) is 0.200. The predicted octanol–water partition coefficient (Wildman–Crippen LogP) is 4.75. The quantitative estimate of drug-likeness (QED) is 0.373. The number of rotatable bonds is 4. The molecule has 0 saturated carbocycles. The van der Waals surface area contributed by atoms with Gasteiger partial charge >= 0.3 is 13.2 Å². The lowest BCUT2D eigenvalue weighted by Gasteiger charge is -2.12. The van der Waals surface area contributed by atoms with Crippen LogP contribution < -0.4 is 14.0 Å². The number of halogens is 4. The molecular formula is C20H20BF4NO4. The smallest absolute Gasteiger partial charge is 0.497 e. The maximum absolute atomic E-state index is 11.1. The van der Waals surface area contributed by atoms with Gasteiger partial charge in [0.15, 0.2) is 11.4 Å². The summed E-state index contributed by atoms with van der Waals surface area (Å²) in [7, 11) is -2.73. The van der Waals surface area contributed by atoms with Crippen molar-refractivity contribution in [3.63, 3.8) is 0 Å². The van der Waals surface area contributed by atoms with Gasteiger partial charge in [0.1, 0.15) is 11.5 Å². The molecule has 0 atom stereocenters. The highest BCUT2D eigenvalue weighted by atomic mass is 19.5. The van der Waals surface area contributed by atoms with Gasteiger partial charge in [-0.05, 0) is 18.2 Å². The summed E-state index contributed by atoms with van der Waals surface area (Å²) < 4.78 is 52.0. The molecule has 2 aromatic carbocycles. The minimum Gasteiger partial charge on any atom is -0.497 e. The van der Waals surface area contributed by atoms with E-state index in [9.17, 15) is 22.1 Å². The van der Waals surface area contributed by atoms with Crippen LogP contribution in [0.5, 0.6) is 11.5 Å². The van der Waals surface area contributed by atoms with Crippen LogP contribution in [0.1, 0.15) is 21.7 Å². The molecule has 0 unspecified atom stereocenters. The Bertz CT molecular complexity index is 1060. The number of nitrogens with zero attached hydrogens (tertiary/aromatic N) is 1. The fourth-order valence-electron chi connectivity index (χ4n) is 3.21. The van der Waals surface area contributed by atoms with Gasteiger partial charge in [-0.25, -0.2) is 4.79 Å². The summed E-state index contributed by atoms with van der Waals surface area (Å²) in [5, 5.41) is 11.1. The summed E-state index contributed by atoms with van der Waals surface area (Å²) in [6.45, 7) is 4.04. The van der Waals surface area contributed by atoms with Crippen molar-refractivity contribution < 1.29 is 41.2 Å². The lowest BCUT2D eigenvalue weighted by Crippen LogP contribution is -2.37. The highest BCUT2D eigenvalue weighted by Gasteiger charge is 2.22. The number of hydrogen-bond acceptors (Lipinski definition) is 3. The van der Waals surface area contributed by atoms with E-state index in [0.29, 0.717) is 0 Å². The number of hydrogen-bond donors (Lipinski definition) is 1. The molecule has 160 valence electrons. The van der Waals surface area contributed by atoms with E-state index in [-0.39, 0.29) is 5.56 Å². The van der Waals surface area contributed by atoms with Crippen LogP contribution in [0, 0.1) is 13.8 Å². The molecule has 0 bridgehead atoms. The number of carboxylic acid groups (broad SMARTS) is 1. The molecule has 0 aliphatic rings. The Morgan fingerprint density at radius 3 is 2.00 bits per heavy atom. The van der Waals surface area contributed by atoms with E-state index < -0.39 is 13.2 Å². The Morgan fingerprint density at radius 2 is 1.53 bits per heavy atom. The predicted molar refractivity (Wildman–Crippen MR) is 105 cm³/mol. The molecule has 0 aliphatic heterocycles. The summed E-state index contributed by atoms with van der Waals surface area (Å²) in [5.74, 6) is 0.548. The third kappa shape index (κ3) is 5.40. The van der Waals surface area contributed by atoms with Crippen molar-refractivity contribution in [2.24, 2.45) is 0 Å². The van der Waals surface area contributed by atoms with E-state index in [0.717, 1.165) is 39.3 Å². The molecule has 3 aromatic rings. The van der Waals surface area contributed by atoms with Gasteiger partial charge in [-0.3, -0.25) is 0 Å². The number of methoxy groups -OCH3 is 2. The second-order valence-electron chi connectivity index (χ2n) is 6.35.